The zero-order chi connectivity index (χ0) is 20.9. The number of benzene rings is 1. The van der Waals surface area contributed by atoms with E-state index < -0.39 is 0 Å². The molecule has 1 aromatic rings. The SMILES string of the molecule is CN1[C@H]2CC[C@@H]1[C@H]1COC(=O)CCCCCCCCC(=O)Nc3ccc(cc3)[C@H]1C2. The number of nitrogens with one attached hydrogen (secondary N) is 1. The molecule has 5 nitrogen and oxygen atoms in total. The number of nitrogens with zero attached hydrogens (tertiary/aromatic N) is 1. The van der Waals surface area contributed by atoms with Crippen LogP contribution in [0, 0.1) is 5.92 Å². The van der Waals surface area contributed by atoms with Crippen LogP contribution in [0.25, 0.3) is 0 Å². The first-order valence-corrected chi connectivity index (χ1v) is 11.9. The van der Waals surface area contributed by atoms with Gasteiger partial charge in [-0.15, -0.1) is 0 Å². The van der Waals surface area contributed by atoms with E-state index >= 15 is 0 Å². The Morgan fingerprint density at radius 2 is 1.63 bits per heavy atom. The number of carbonyl (C=O) groups is 2. The molecule has 1 amide bonds. The maximum Gasteiger partial charge on any atom is 0.305 e. The van der Waals surface area contributed by atoms with Gasteiger partial charge in [0.1, 0.15) is 0 Å². The number of fused-ring (bicyclic) bond motifs is 16. The Balaban J connectivity index is 1.51. The first-order chi connectivity index (χ1) is 14.6. The predicted molar refractivity (Wildman–Crippen MR) is 118 cm³/mol. The fourth-order valence-electron chi connectivity index (χ4n) is 5.75. The summed E-state index contributed by atoms with van der Waals surface area (Å²) in [5, 5.41) is 3.05. The molecule has 0 saturated carbocycles. The normalized spacial score (nSPS) is 31.8. The van der Waals surface area contributed by atoms with E-state index in [4.69, 9.17) is 4.74 Å². The van der Waals surface area contributed by atoms with Gasteiger partial charge in [-0.05, 0) is 62.8 Å². The summed E-state index contributed by atoms with van der Waals surface area (Å²) < 4.78 is 5.81. The maximum atomic E-state index is 12.4. The van der Waals surface area contributed by atoms with Crippen molar-refractivity contribution in [2.75, 3.05) is 19.0 Å². The van der Waals surface area contributed by atoms with Gasteiger partial charge in [0.05, 0.1) is 6.61 Å². The molecule has 30 heavy (non-hydrogen) atoms. The zero-order valence-corrected chi connectivity index (χ0v) is 18.3. The summed E-state index contributed by atoms with van der Waals surface area (Å²) >= 11 is 0. The minimum absolute atomic E-state index is 0.0421. The number of hydrogen-bond acceptors (Lipinski definition) is 4. The van der Waals surface area contributed by atoms with Crippen LogP contribution >= 0.6 is 0 Å². The number of hydrogen-bond donors (Lipinski definition) is 1. The van der Waals surface area contributed by atoms with E-state index in [1.54, 1.807) is 0 Å². The third kappa shape index (κ3) is 5.05. The second kappa shape index (κ2) is 9.95. The Hall–Kier alpha value is -1.88. The molecular weight excluding hydrogens is 376 g/mol. The first-order valence-electron chi connectivity index (χ1n) is 11.9. The lowest BCUT2D eigenvalue weighted by Gasteiger charge is -2.43. The van der Waals surface area contributed by atoms with E-state index in [1.807, 2.05) is 12.1 Å². The van der Waals surface area contributed by atoms with Gasteiger partial charge < -0.3 is 15.0 Å². The summed E-state index contributed by atoms with van der Waals surface area (Å²) in [6, 6.07) is 9.49. The largest absolute Gasteiger partial charge is 0.465 e. The second-order valence-electron chi connectivity index (χ2n) is 9.44. The van der Waals surface area contributed by atoms with Gasteiger partial charge in [0.15, 0.2) is 0 Å². The highest BCUT2D eigenvalue weighted by Crippen LogP contribution is 2.46. The van der Waals surface area contributed by atoms with Crippen molar-refractivity contribution < 1.29 is 14.3 Å². The van der Waals surface area contributed by atoms with Crippen LogP contribution in [-0.2, 0) is 14.3 Å². The fourth-order valence-corrected chi connectivity index (χ4v) is 5.75. The second-order valence-corrected chi connectivity index (χ2v) is 9.44. The fraction of sp³-hybridized carbons (Fsp3) is 0.680. The van der Waals surface area contributed by atoms with Crippen LogP contribution in [0.1, 0.15) is 82.1 Å². The van der Waals surface area contributed by atoms with E-state index in [0.717, 1.165) is 50.6 Å². The van der Waals surface area contributed by atoms with Gasteiger partial charge >= 0.3 is 5.97 Å². The highest BCUT2D eigenvalue weighted by Gasteiger charge is 2.46. The molecule has 4 bridgehead atoms. The Labute approximate surface area is 180 Å². The van der Waals surface area contributed by atoms with Crippen LogP contribution in [0.15, 0.2) is 24.3 Å². The number of esters is 1. The summed E-state index contributed by atoms with van der Waals surface area (Å²) in [5.41, 5.74) is 2.18. The minimum atomic E-state index is -0.0421. The molecule has 1 aromatic carbocycles. The van der Waals surface area contributed by atoms with Crippen LogP contribution in [0.2, 0.25) is 0 Å². The molecule has 4 aliphatic rings. The smallest absolute Gasteiger partial charge is 0.305 e. The molecule has 2 saturated heterocycles. The van der Waals surface area contributed by atoms with Crippen molar-refractivity contribution in [3.05, 3.63) is 29.8 Å². The van der Waals surface area contributed by atoms with Crippen molar-refractivity contribution in [1.29, 1.82) is 0 Å². The van der Waals surface area contributed by atoms with Gasteiger partial charge in [0.25, 0.3) is 0 Å². The van der Waals surface area contributed by atoms with Crippen LogP contribution in [-0.4, -0.2) is 42.5 Å². The summed E-state index contributed by atoms with van der Waals surface area (Å²) in [6.07, 6.45) is 10.8. The number of ether oxygens (including phenoxy) is 1. The van der Waals surface area contributed by atoms with Crippen LogP contribution in [0.3, 0.4) is 0 Å². The van der Waals surface area contributed by atoms with Crippen molar-refractivity contribution >= 4 is 17.6 Å². The molecule has 1 N–H and O–H groups in total. The van der Waals surface area contributed by atoms with Crippen molar-refractivity contribution in [3.8, 4) is 0 Å². The molecule has 0 spiro atoms. The molecule has 5 heteroatoms. The molecule has 2 fully saturated rings. The van der Waals surface area contributed by atoms with Gasteiger partial charge in [-0.3, -0.25) is 9.59 Å². The summed E-state index contributed by atoms with van der Waals surface area (Å²) in [6.45, 7) is 0.518. The highest BCUT2D eigenvalue weighted by atomic mass is 16.5. The van der Waals surface area contributed by atoms with Crippen LogP contribution in [0.5, 0.6) is 0 Å². The minimum Gasteiger partial charge on any atom is -0.465 e. The molecule has 0 aliphatic carbocycles. The molecule has 4 aliphatic heterocycles. The number of amides is 1. The van der Waals surface area contributed by atoms with Crippen molar-refractivity contribution in [3.63, 3.8) is 0 Å². The van der Waals surface area contributed by atoms with Crippen molar-refractivity contribution in [2.45, 2.75) is 88.6 Å². The van der Waals surface area contributed by atoms with E-state index in [9.17, 15) is 9.59 Å². The standard InChI is InChI=1S/C25H36N2O3/c1-27-20-14-15-23(27)22-17-30-25(29)9-7-5-3-2-4-6-8-24(28)26-19-12-10-18(11-13-19)21(22)16-20/h10-13,20-23H,2-9,14-17H2,1H3,(H,26,28)/t20-,21+,22-,23+/m0/s1. The van der Waals surface area contributed by atoms with Gasteiger partial charge in [0.2, 0.25) is 5.91 Å². The van der Waals surface area contributed by atoms with Crippen molar-refractivity contribution in [1.82, 2.24) is 4.90 Å². The van der Waals surface area contributed by atoms with Gasteiger partial charge in [-0.25, -0.2) is 0 Å². The van der Waals surface area contributed by atoms with E-state index in [0.29, 0.717) is 43.4 Å². The Morgan fingerprint density at radius 3 is 2.40 bits per heavy atom. The quantitative estimate of drug-likeness (QED) is 0.618. The first kappa shape index (κ1) is 21.4. The number of piperidine rings is 1. The topological polar surface area (TPSA) is 58.6 Å². The monoisotopic (exact) mass is 412 g/mol. The lowest BCUT2D eigenvalue weighted by Crippen LogP contribution is -2.47. The molecule has 5 rings (SSSR count). The molecule has 0 unspecified atom stereocenters. The Bertz CT molecular complexity index is 732. The lowest BCUT2D eigenvalue weighted by atomic mass is 9.76. The molecule has 4 atom stereocenters. The zero-order valence-electron chi connectivity index (χ0n) is 18.3. The lowest BCUT2D eigenvalue weighted by molar-refractivity contribution is -0.146. The van der Waals surface area contributed by atoms with Gasteiger partial charge in [-0.2, -0.15) is 0 Å². The maximum absolute atomic E-state index is 12.4. The summed E-state index contributed by atoms with van der Waals surface area (Å²) in [4.78, 5) is 27.1. The van der Waals surface area contributed by atoms with Crippen molar-refractivity contribution in [2.24, 2.45) is 5.92 Å². The summed E-state index contributed by atoms with van der Waals surface area (Å²) in [7, 11) is 2.23. The van der Waals surface area contributed by atoms with Crippen LogP contribution in [0.4, 0.5) is 5.69 Å². The number of anilines is 1. The third-order valence-corrected chi connectivity index (χ3v) is 7.53. The van der Waals surface area contributed by atoms with Gasteiger partial charge in [0, 0.05) is 36.5 Å². The molecular formula is C25H36N2O3. The highest BCUT2D eigenvalue weighted by molar-refractivity contribution is 5.90. The van der Waals surface area contributed by atoms with E-state index in [2.05, 4.69) is 29.4 Å². The van der Waals surface area contributed by atoms with Gasteiger partial charge in [-0.1, -0.05) is 37.8 Å². The molecule has 0 aromatic heterocycles. The average molecular weight is 413 g/mol. The number of carbonyl (C=O) groups excluding carboxylic acids is 2. The molecule has 164 valence electrons. The molecule has 4 heterocycles. The molecule has 0 radical (unpaired) electrons. The average Bonchev–Trinajstić information content (AvgIpc) is 2.98. The Morgan fingerprint density at radius 1 is 0.933 bits per heavy atom. The summed E-state index contributed by atoms with van der Waals surface area (Å²) in [5.74, 6) is 0.799. The van der Waals surface area contributed by atoms with E-state index in [1.165, 1.54) is 18.4 Å². The Kier molecular flexibility index (Phi) is 7.08. The third-order valence-electron chi connectivity index (χ3n) is 7.53. The van der Waals surface area contributed by atoms with Crippen LogP contribution < -0.4 is 5.32 Å². The van der Waals surface area contributed by atoms with E-state index in [-0.39, 0.29) is 11.9 Å². The predicted octanol–water partition coefficient (Wildman–Crippen LogP) is 4.87. The number of rotatable bonds is 0.